The van der Waals surface area contributed by atoms with E-state index in [4.69, 9.17) is 0 Å². The zero-order chi connectivity index (χ0) is 18.5. The van der Waals surface area contributed by atoms with Gasteiger partial charge in [0.1, 0.15) is 5.82 Å². The van der Waals surface area contributed by atoms with Crippen LogP contribution < -0.4 is 10.6 Å². The Bertz CT molecular complexity index is 862. The van der Waals surface area contributed by atoms with Crippen LogP contribution in [0.4, 0.5) is 17.5 Å². The number of rotatable bonds is 6. The van der Waals surface area contributed by atoms with Crippen molar-refractivity contribution < 1.29 is 5.11 Å². The summed E-state index contributed by atoms with van der Waals surface area (Å²) in [5.74, 6) is 1.14. The molecule has 6 heteroatoms. The van der Waals surface area contributed by atoms with Gasteiger partial charge in [-0.2, -0.15) is 4.98 Å². The summed E-state index contributed by atoms with van der Waals surface area (Å²) < 4.78 is 0. The minimum Gasteiger partial charge on any atom is -0.394 e. The number of pyridine rings is 1. The fourth-order valence-corrected chi connectivity index (χ4v) is 2.70. The summed E-state index contributed by atoms with van der Waals surface area (Å²) in [5, 5.41) is 15.8. The normalized spacial score (nSPS) is 11.8. The molecule has 0 saturated heterocycles. The molecule has 0 unspecified atom stereocenters. The quantitative estimate of drug-likeness (QED) is 0.629. The van der Waals surface area contributed by atoms with Gasteiger partial charge in [-0.3, -0.25) is 4.98 Å². The smallest absolute Gasteiger partial charge is 0.225 e. The lowest BCUT2D eigenvalue weighted by Crippen LogP contribution is -2.21. The molecule has 0 aliphatic carbocycles. The Morgan fingerprint density at radius 3 is 2.50 bits per heavy atom. The third kappa shape index (κ3) is 4.55. The molecule has 0 amide bonds. The van der Waals surface area contributed by atoms with Gasteiger partial charge in [0, 0.05) is 35.8 Å². The molecular weight excluding hydrogens is 326 g/mol. The van der Waals surface area contributed by atoms with Crippen LogP contribution in [0.1, 0.15) is 18.1 Å². The number of nitrogens with one attached hydrogen (secondary N) is 2. The van der Waals surface area contributed by atoms with Crippen LogP contribution in [-0.2, 0) is 0 Å². The second-order valence-corrected chi connectivity index (χ2v) is 6.43. The van der Waals surface area contributed by atoms with E-state index in [0.717, 1.165) is 16.9 Å². The molecule has 2 aromatic heterocycles. The molecule has 2 heterocycles. The predicted molar refractivity (Wildman–Crippen MR) is 105 cm³/mol. The average Bonchev–Trinajstić information content (AvgIpc) is 2.61. The Balaban J connectivity index is 1.98. The molecule has 0 bridgehead atoms. The van der Waals surface area contributed by atoms with Crippen molar-refractivity contribution in [3.63, 3.8) is 0 Å². The molecule has 3 rings (SSSR count). The van der Waals surface area contributed by atoms with Crippen LogP contribution in [0, 0.1) is 13.8 Å². The number of aliphatic hydroxyl groups is 1. The number of hydrogen-bond donors (Lipinski definition) is 3. The van der Waals surface area contributed by atoms with Crippen LogP contribution in [0.2, 0.25) is 0 Å². The summed E-state index contributed by atoms with van der Waals surface area (Å²) in [6, 6.07) is 11.8. The van der Waals surface area contributed by atoms with E-state index in [2.05, 4.69) is 57.6 Å². The van der Waals surface area contributed by atoms with Gasteiger partial charge in [-0.05, 0) is 56.2 Å². The van der Waals surface area contributed by atoms with Gasteiger partial charge < -0.3 is 15.7 Å². The highest BCUT2D eigenvalue weighted by Crippen LogP contribution is 2.24. The van der Waals surface area contributed by atoms with E-state index < -0.39 is 0 Å². The molecule has 3 N–H and O–H groups in total. The third-order valence-electron chi connectivity index (χ3n) is 3.83. The maximum absolute atomic E-state index is 9.30. The molecule has 0 aliphatic rings. The minimum absolute atomic E-state index is 0.000314. The first-order valence-corrected chi connectivity index (χ1v) is 8.55. The summed E-state index contributed by atoms with van der Waals surface area (Å²) in [5.41, 5.74) is 4.99. The molecule has 0 radical (unpaired) electrons. The predicted octanol–water partition coefficient (Wildman–Crippen LogP) is 3.69. The molecule has 26 heavy (non-hydrogen) atoms. The van der Waals surface area contributed by atoms with Crippen molar-refractivity contribution in [2.75, 3.05) is 17.2 Å². The summed E-state index contributed by atoms with van der Waals surface area (Å²) >= 11 is 0. The Hall–Kier alpha value is -2.99. The van der Waals surface area contributed by atoms with Gasteiger partial charge in [0.05, 0.1) is 12.3 Å². The van der Waals surface area contributed by atoms with Crippen molar-refractivity contribution in [2.45, 2.75) is 26.8 Å². The molecule has 134 valence electrons. The second-order valence-electron chi connectivity index (χ2n) is 6.43. The van der Waals surface area contributed by atoms with Gasteiger partial charge in [0.15, 0.2) is 0 Å². The van der Waals surface area contributed by atoms with E-state index in [1.165, 1.54) is 11.1 Å². The third-order valence-corrected chi connectivity index (χ3v) is 3.83. The number of hydrogen-bond acceptors (Lipinski definition) is 6. The number of nitrogens with zero attached hydrogens (tertiary/aromatic N) is 3. The van der Waals surface area contributed by atoms with Gasteiger partial charge >= 0.3 is 0 Å². The van der Waals surface area contributed by atoms with Crippen LogP contribution in [0.3, 0.4) is 0 Å². The fourth-order valence-electron chi connectivity index (χ4n) is 2.70. The first-order valence-electron chi connectivity index (χ1n) is 8.55. The van der Waals surface area contributed by atoms with Crippen molar-refractivity contribution in [2.24, 2.45) is 0 Å². The number of aryl methyl sites for hydroxylation is 2. The summed E-state index contributed by atoms with van der Waals surface area (Å²) in [6.07, 6.45) is 3.49. The minimum atomic E-state index is -0.145. The highest BCUT2D eigenvalue weighted by Gasteiger charge is 2.10. The Morgan fingerprint density at radius 2 is 1.85 bits per heavy atom. The summed E-state index contributed by atoms with van der Waals surface area (Å²) in [7, 11) is 0. The van der Waals surface area contributed by atoms with Crippen molar-refractivity contribution in [3.05, 3.63) is 59.9 Å². The molecular formula is C20H23N5O. The van der Waals surface area contributed by atoms with E-state index in [-0.39, 0.29) is 12.6 Å². The Labute approximate surface area is 153 Å². The van der Waals surface area contributed by atoms with Crippen molar-refractivity contribution >= 4 is 17.5 Å². The first-order chi connectivity index (χ1) is 12.5. The van der Waals surface area contributed by atoms with Gasteiger partial charge in [-0.1, -0.05) is 6.07 Å². The van der Waals surface area contributed by atoms with Gasteiger partial charge in [0.2, 0.25) is 5.95 Å². The van der Waals surface area contributed by atoms with Crippen molar-refractivity contribution in [3.8, 4) is 11.3 Å². The molecule has 0 aliphatic heterocycles. The zero-order valence-electron chi connectivity index (χ0n) is 15.2. The second kappa shape index (κ2) is 7.93. The number of aromatic nitrogens is 3. The SMILES string of the molecule is Cc1cc(C)cc(Nc2cc(-c3cccnc3)nc(N[C@@H](C)CO)n2)c1. The van der Waals surface area contributed by atoms with Crippen molar-refractivity contribution in [1.29, 1.82) is 0 Å². The Morgan fingerprint density at radius 1 is 1.08 bits per heavy atom. The van der Waals surface area contributed by atoms with E-state index in [9.17, 15) is 5.11 Å². The molecule has 0 saturated carbocycles. The lowest BCUT2D eigenvalue weighted by atomic mass is 10.1. The van der Waals surface area contributed by atoms with E-state index in [1.54, 1.807) is 12.4 Å². The number of aliphatic hydroxyl groups excluding tert-OH is 1. The monoisotopic (exact) mass is 349 g/mol. The molecule has 3 aromatic rings. The molecule has 0 spiro atoms. The highest BCUT2D eigenvalue weighted by molar-refractivity contribution is 5.67. The van der Waals surface area contributed by atoms with Gasteiger partial charge in [0.25, 0.3) is 0 Å². The number of benzene rings is 1. The maximum atomic E-state index is 9.30. The van der Waals surface area contributed by atoms with Gasteiger partial charge in [-0.15, -0.1) is 0 Å². The molecule has 0 fully saturated rings. The van der Waals surface area contributed by atoms with Crippen LogP contribution in [0.15, 0.2) is 48.8 Å². The van der Waals surface area contributed by atoms with E-state index in [0.29, 0.717) is 11.8 Å². The first kappa shape index (κ1) is 17.8. The molecule has 1 aromatic carbocycles. The lowest BCUT2D eigenvalue weighted by molar-refractivity contribution is 0.281. The van der Waals surface area contributed by atoms with Crippen LogP contribution in [0.25, 0.3) is 11.3 Å². The maximum Gasteiger partial charge on any atom is 0.225 e. The van der Waals surface area contributed by atoms with E-state index >= 15 is 0 Å². The largest absolute Gasteiger partial charge is 0.394 e. The van der Waals surface area contributed by atoms with Crippen molar-refractivity contribution in [1.82, 2.24) is 15.0 Å². The lowest BCUT2D eigenvalue weighted by Gasteiger charge is -2.14. The number of anilines is 3. The molecule has 1 atom stereocenters. The topological polar surface area (TPSA) is 83.0 Å². The van der Waals surface area contributed by atoms with Crippen LogP contribution >= 0.6 is 0 Å². The highest BCUT2D eigenvalue weighted by atomic mass is 16.3. The van der Waals surface area contributed by atoms with E-state index in [1.807, 2.05) is 25.1 Å². The molecule has 6 nitrogen and oxygen atoms in total. The van der Waals surface area contributed by atoms with Crippen LogP contribution in [0.5, 0.6) is 0 Å². The zero-order valence-corrected chi connectivity index (χ0v) is 15.2. The standard InChI is InChI=1S/C20H23N5O/c1-13-7-14(2)9-17(8-13)23-19-10-18(16-5-4-6-21-11-16)24-20(25-19)22-15(3)12-26/h4-11,15,26H,12H2,1-3H3,(H2,22,23,24,25)/t15-/m0/s1. The fraction of sp³-hybridized carbons (Fsp3) is 0.250. The van der Waals surface area contributed by atoms with Gasteiger partial charge in [-0.25, -0.2) is 4.98 Å². The Kier molecular flexibility index (Phi) is 5.43. The summed E-state index contributed by atoms with van der Waals surface area (Å²) in [6.45, 7) is 6.00. The summed E-state index contributed by atoms with van der Waals surface area (Å²) in [4.78, 5) is 13.3. The van der Waals surface area contributed by atoms with Crippen LogP contribution in [-0.4, -0.2) is 32.7 Å². The average molecular weight is 349 g/mol.